The van der Waals surface area contributed by atoms with E-state index in [2.05, 4.69) is 45.5 Å². The van der Waals surface area contributed by atoms with Gasteiger partial charge < -0.3 is 10.1 Å². The first kappa shape index (κ1) is 11.1. The Morgan fingerprint density at radius 3 is 2.94 bits per heavy atom. The number of ether oxygens (including phenoxy) is 1. The molecule has 2 aromatic rings. The highest BCUT2D eigenvalue weighted by atomic mass is 79.9. The van der Waals surface area contributed by atoms with Crippen molar-refractivity contribution in [3.63, 3.8) is 0 Å². The molecular weight excluding hydrogens is 298 g/mol. The normalized spacial score (nSPS) is 17.6. The van der Waals surface area contributed by atoms with Crippen molar-refractivity contribution < 1.29 is 4.74 Å². The van der Waals surface area contributed by atoms with Gasteiger partial charge in [0.1, 0.15) is 5.75 Å². The van der Waals surface area contributed by atoms with Crippen LogP contribution in [0.25, 0.3) is 0 Å². The lowest BCUT2D eigenvalue weighted by Gasteiger charge is -2.07. The zero-order chi connectivity index (χ0) is 11.8. The standard InChI is InChI=1S/C13H12BrNOS/c1-16-9-2-3-10-8(6-9)7-11(15-10)12-4-5-13(14)17-12/h2-6,11,15H,7H2,1H3. The maximum absolute atomic E-state index is 5.25. The highest BCUT2D eigenvalue weighted by Gasteiger charge is 2.23. The van der Waals surface area contributed by atoms with E-state index in [4.69, 9.17) is 4.74 Å². The number of thiophene rings is 1. The summed E-state index contributed by atoms with van der Waals surface area (Å²) in [7, 11) is 1.71. The molecule has 1 aromatic carbocycles. The molecule has 0 spiro atoms. The molecule has 0 amide bonds. The fourth-order valence-corrected chi connectivity index (χ4v) is 3.63. The van der Waals surface area contributed by atoms with E-state index in [1.807, 2.05) is 6.07 Å². The van der Waals surface area contributed by atoms with Gasteiger partial charge in [0, 0.05) is 10.6 Å². The number of anilines is 1. The molecule has 1 aliphatic rings. The van der Waals surface area contributed by atoms with Crippen LogP contribution >= 0.6 is 27.3 Å². The van der Waals surface area contributed by atoms with Gasteiger partial charge in [-0.15, -0.1) is 11.3 Å². The van der Waals surface area contributed by atoms with Crippen molar-refractivity contribution in [2.24, 2.45) is 0 Å². The number of methoxy groups -OCH3 is 1. The summed E-state index contributed by atoms with van der Waals surface area (Å²) in [5, 5.41) is 3.55. The number of nitrogens with one attached hydrogen (secondary N) is 1. The third-order valence-electron chi connectivity index (χ3n) is 3.00. The fraction of sp³-hybridized carbons (Fsp3) is 0.231. The monoisotopic (exact) mass is 309 g/mol. The molecule has 0 saturated carbocycles. The van der Waals surface area contributed by atoms with Gasteiger partial charge in [0.2, 0.25) is 0 Å². The highest BCUT2D eigenvalue weighted by molar-refractivity contribution is 9.11. The first-order valence-corrected chi connectivity index (χ1v) is 7.06. The van der Waals surface area contributed by atoms with Crippen LogP contribution in [0.1, 0.15) is 16.5 Å². The van der Waals surface area contributed by atoms with E-state index in [-0.39, 0.29) is 0 Å². The zero-order valence-corrected chi connectivity index (χ0v) is 11.8. The second-order valence-electron chi connectivity index (χ2n) is 4.07. The predicted molar refractivity (Wildman–Crippen MR) is 75.1 cm³/mol. The zero-order valence-electron chi connectivity index (χ0n) is 9.37. The lowest BCUT2D eigenvalue weighted by Crippen LogP contribution is -2.02. The number of benzene rings is 1. The van der Waals surface area contributed by atoms with E-state index >= 15 is 0 Å². The molecule has 1 unspecified atom stereocenters. The summed E-state index contributed by atoms with van der Waals surface area (Å²) in [6, 6.07) is 10.9. The van der Waals surface area contributed by atoms with Crippen LogP contribution < -0.4 is 10.1 Å². The Balaban J connectivity index is 1.87. The van der Waals surface area contributed by atoms with Crippen LogP contribution in [0.5, 0.6) is 5.75 Å². The van der Waals surface area contributed by atoms with Crippen molar-refractivity contribution in [2.45, 2.75) is 12.5 Å². The molecule has 88 valence electrons. The number of rotatable bonds is 2. The summed E-state index contributed by atoms with van der Waals surface area (Å²) in [6.45, 7) is 0. The second-order valence-corrected chi connectivity index (χ2v) is 6.56. The summed E-state index contributed by atoms with van der Waals surface area (Å²) >= 11 is 5.30. The predicted octanol–water partition coefficient (Wildman–Crippen LogP) is 4.23. The molecule has 1 N–H and O–H groups in total. The summed E-state index contributed by atoms with van der Waals surface area (Å²) < 4.78 is 6.44. The van der Waals surface area contributed by atoms with Gasteiger partial charge in [-0.1, -0.05) is 0 Å². The van der Waals surface area contributed by atoms with Crippen LogP contribution in [0, 0.1) is 0 Å². The summed E-state index contributed by atoms with van der Waals surface area (Å²) in [4.78, 5) is 1.37. The maximum atomic E-state index is 5.25. The Kier molecular flexibility index (Phi) is 2.84. The van der Waals surface area contributed by atoms with Crippen LogP contribution in [0.2, 0.25) is 0 Å². The number of halogens is 1. The van der Waals surface area contributed by atoms with E-state index in [0.29, 0.717) is 6.04 Å². The summed E-state index contributed by atoms with van der Waals surface area (Å²) in [5.74, 6) is 0.929. The Bertz CT molecular complexity index is 552. The first-order valence-electron chi connectivity index (χ1n) is 5.45. The molecule has 1 aromatic heterocycles. The van der Waals surface area contributed by atoms with Gasteiger partial charge in [0.05, 0.1) is 16.9 Å². The molecule has 2 nitrogen and oxygen atoms in total. The van der Waals surface area contributed by atoms with E-state index in [1.54, 1.807) is 18.4 Å². The maximum Gasteiger partial charge on any atom is 0.119 e. The number of fused-ring (bicyclic) bond motifs is 1. The quantitative estimate of drug-likeness (QED) is 0.896. The number of hydrogen-bond acceptors (Lipinski definition) is 3. The largest absolute Gasteiger partial charge is 0.497 e. The van der Waals surface area contributed by atoms with Gasteiger partial charge in [0.15, 0.2) is 0 Å². The van der Waals surface area contributed by atoms with Crippen LogP contribution in [0.15, 0.2) is 34.1 Å². The third-order valence-corrected chi connectivity index (χ3v) is 4.74. The van der Waals surface area contributed by atoms with E-state index < -0.39 is 0 Å². The Labute approximate surface area is 113 Å². The Morgan fingerprint density at radius 1 is 1.35 bits per heavy atom. The topological polar surface area (TPSA) is 21.3 Å². The Hall–Kier alpha value is -1.00. The van der Waals surface area contributed by atoms with Crippen molar-refractivity contribution in [3.05, 3.63) is 44.6 Å². The molecule has 0 bridgehead atoms. The van der Waals surface area contributed by atoms with Gasteiger partial charge in [-0.05, 0) is 58.2 Å². The van der Waals surface area contributed by atoms with Crippen molar-refractivity contribution in [2.75, 3.05) is 12.4 Å². The molecule has 0 fully saturated rings. The fourth-order valence-electron chi connectivity index (χ4n) is 2.15. The van der Waals surface area contributed by atoms with E-state index in [1.165, 1.54) is 19.9 Å². The molecule has 1 atom stereocenters. The van der Waals surface area contributed by atoms with Crippen molar-refractivity contribution in [3.8, 4) is 5.75 Å². The lowest BCUT2D eigenvalue weighted by atomic mass is 10.1. The minimum absolute atomic E-state index is 0.397. The molecule has 0 radical (unpaired) electrons. The number of hydrogen-bond donors (Lipinski definition) is 1. The van der Waals surface area contributed by atoms with Gasteiger partial charge in [-0.25, -0.2) is 0 Å². The van der Waals surface area contributed by atoms with Crippen LogP contribution in [-0.4, -0.2) is 7.11 Å². The van der Waals surface area contributed by atoms with Crippen LogP contribution in [0.3, 0.4) is 0 Å². The minimum atomic E-state index is 0.397. The molecule has 3 rings (SSSR count). The SMILES string of the molecule is COc1ccc2c(c1)CC(c1ccc(Br)s1)N2. The molecule has 17 heavy (non-hydrogen) atoms. The van der Waals surface area contributed by atoms with E-state index in [0.717, 1.165) is 12.2 Å². The average molecular weight is 310 g/mol. The molecule has 0 aliphatic carbocycles. The second kappa shape index (κ2) is 4.35. The van der Waals surface area contributed by atoms with Gasteiger partial charge >= 0.3 is 0 Å². The molecule has 1 aliphatic heterocycles. The smallest absolute Gasteiger partial charge is 0.119 e. The average Bonchev–Trinajstić information content (AvgIpc) is 2.93. The van der Waals surface area contributed by atoms with Crippen LogP contribution in [-0.2, 0) is 6.42 Å². The summed E-state index contributed by atoms with van der Waals surface area (Å²) in [6.07, 6.45) is 1.03. The molecule has 4 heteroatoms. The van der Waals surface area contributed by atoms with Gasteiger partial charge in [-0.3, -0.25) is 0 Å². The van der Waals surface area contributed by atoms with Crippen molar-refractivity contribution >= 4 is 33.0 Å². The van der Waals surface area contributed by atoms with Crippen LogP contribution in [0.4, 0.5) is 5.69 Å². The third kappa shape index (κ3) is 2.07. The lowest BCUT2D eigenvalue weighted by molar-refractivity contribution is 0.414. The molecular formula is C13H12BrNOS. The van der Waals surface area contributed by atoms with Gasteiger partial charge in [0.25, 0.3) is 0 Å². The van der Waals surface area contributed by atoms with Crippen molar-refractivity contribution in [1.29, 1.82) is 0 Å². The first-order chi connectivity index (χ1) is 8.26. The van der Waals surface area contributed by atoms with E-state index in [9.17, 15) is 0 Å². The minimum Gasteiger partial charge on any atom is -0.497 e. The summed E-state index contributed by atoms with van der Waals surface area (Å²) in [5.41, 5.74) is 2.55. The van der Waals surface area contributed by atoms with Gasteiger partial charge in [-0.2, -0.15) is 0 Å². The highest BCUT2D eigenvalue weighted by Crippen LogP contribution is 2.39. The molecule has 2 heterocycles. The molecule has 0 saturated heterocycles. The van der Waals surface area contributed by atoms with Crippen molar-refractivity contribution in [1.82, 2.24) is 0 Å². The Morgan fingerprint density at radius 2 is 2.24 bits per heavy atom.